The molecule has 1 aliphatic rings. The highest BCUT2D eigenvalue weighted by molar-refractivity contribution is 5.85. The van der Waals surface area contributed by atoms with E-state index >= 15 is 0 Å². The minimum Gasteiger partial charge on any atom is -0.507 e. The molecule has 1 aromatic carbocycles. The van der Waals surface area contributed by atoms with Gasteiger partial charge in [-0.3, -0.25) is 0 Å². The Kier molecular flexibility index (Phi) is 6.75. The summed E-state index contributed by atoms with van der Waals surface area (Å²) >= 11 is 0. The Morgan fingerprint density at radius 1 is 0.970 bits per heavy atom. The quantitative estimate of drug-likeness (QED) is 0.432. The molecule has 2 N–H and O–H groups in total. The van der Waals surface area contributed by atoms with Crippen LogP contribution in [0.2, 0.25) is 0 Å². The molecule has 176 valence electrons. The molecule has 0 unspecified atom stereocenters. The van der Waals surface area contributed by atoms with Gasteiger partial charge in [-0.1, -0.05) is 5.21 Å². The van der Waals surface area contributed by atoms with Gasteiger partial charge >= 0.3 is 0 Å². The molecule has 1 aliphatic heterocycles. The van der Waals surface area contributed by atoms with Crippen LogP contribution in [0.1, 0.15) is 46.6 Å². The lowest BCUT2D eigenvalue weighted by Crippen LogP contribution is -2.57. The molecule has 4 aromatic rings. The average Bonchev–Trinajstić information content (AvgIpc) is 3.35. The van der Waals surface area contributed by atoms with Crippen molar-refractivity contribution < 1.29 is 5.11 Å². The highest BCUT2D eigenvalue weighted by Crippen LogP contribution is 2.38. The molecular formula is C23H29Cl2N7O. The number of rotatable bonds is 3. The molecule has 33 heavy (non-hydrogen) atoms. The van der Waals surface area contributed by atoms with Gasteiger partial charge in [-0.15, -0.1) is 40.1 Å². The third-order valence-corrected chi connectivity index (χ3v) is 5.97. The Morgan fingerprint density at radius 2 is 1.70 bits per heavy atom. The minimum absolute atomic E-state index is 0. The van der Waals surface area contributed by atoms with Crippen molar-refractivity contribution in [3.05, 3.63) is 48.9 Å². The number of phenolic OH excluding ortho intramolecular Hbond substituents is 1. The Labute approximate surface area is 205 Å². The lowest BCUT2D eigenvalue weighted by molar-refractivity contribution is 0.134. The monoisotopic (exact) mass is 489 g/mol. The maximum atomic E-state index is 10.6. The zero-order chi connectivity index (χ0) is 21.8. The van der Waals surface area contributed by atoms with Gasteiger partial charge in [0.2, 0.25) is 0 Å². The summed E-state index contributed by atoms with van der Waals surface area (Å²) in [6, 6.07) is 9.77. The van der Waals surface area contributed by atoms with Crippen LogP contribution in [0, 0.1) is 0 Å². The van der Waals surface area contributed by atoms with Gasteiger partial charge in [-0.05, 0) is 64.8 Å². The normalized spacial score (nSPS) is 17.3. The van der Waals surface area contributed by atoms with Crippen LogP contribution in [0.5, 0.6) is 5.75 Å². The van der Waals surface area contributed by atoms with E-state index in [0.29, 0.717) is 17.3 Å². The molecule has 0 radical (unpaired) electrons. The second-order valence-electron chi connectivity index (χ2n) is 9.74. The fraction of sp³-hybridized carbons (Fsp3) is 0.391. The number of aromatic nitrogens is 6. The van der Waals surface area contributed by atoms with E-state index in [2.05, 4.69) is 70.4 Å². The van der Waals surface area contributed by atoms with Crippen molar-refractivity contribution in [3.63, 3.8) is 0 Å². The van der Waals surface area contributed by atoms with Gasteiger partial charge in [0, 0.05) is 40.3 Å². The highest BCUT2D eigenvalue weighted by Gasteiger charge is 2.38. The SMILES string of the molecule is CC1(C)CC(n2ccc3cc(-c4ccc(-n5ccnn5)cc4O)nnc32)CC(C)(C)N1.Cl.Cl. The molecule has 0 spiro atoms. The van der Waals surface area contributed by atoms with Crippen LogP contribution in [0.15, 0.2) is 48.9 Å². The van der Waals surface area contributed by atoms with E-state index in [1.54, 1.807) is 23.1 Å². The standard InChI is InChI=1S/C23H27N7O.2ClH/c1-22(2)13-17(14-23(3,4)27-22)29-9-7-15-11-19(25-26-21(15)29)18-6-5-16(12-20(18)31)30-10-8-24-28-30;;/h5-12,17,27,31H,13-14H2,1-4H3;2*1H. The maximum absolute atomic E-state index is 10.6. The molecule has 0 aliphatic carbocycles. The Bertz CT molecular complexity index is 1240. The first-order valence-electron chi connectivity index (χ1n) is 10.5. The van der Waals surface area contributed by atoms with E-state index in [-0.39, 0.29) is 41.6 Å². The van der Waals surface area contributed by atoms with Crippen LogP contribution in [0.25, 0.3) is 28.0 Å². The minimum atomic E-state index is 0. The Balaban J connectivity index is 0.00000153. The van der Waals surface area contributed by atoms with E-state index in [4.69, 9.17) is 0 Å². The summed E-state index contributed by atoms with van der Waals surface area (Å²) in [5.41, 5.74) is 2.98. The smallest absolute Gasteiger partial charge is 0.162 e. The predicted octanol–water partition coefficient (Wildman–Crippen LogP) is 4.71. The number of nitrogens with one attached hydrogen (secondary N) is 1. The summed E-state index contributed by atoms with van der Waals surface area (Å²) in [5.74, 6) is 0.128. The summed E-state index contributed by atoms with van der Waals surface area (Å²) < 4.78 is 3.85. The van der Waals surface area contributed by atoms with Crippen molar-refractivity contribution in [1.82, 2.24) is 35.1 Å². The van der Waals surface area contributed by atoms with Gasteiger partial charge in [0.25, 0.3) is 0 Å². The molecule has 1 fully saturated rings. The van der Waals surface area contributed by atoms with Crippen molar-refractivity contribution >= 4 is 35.8 Å². The van der Waals surface area contributed by atoms with Crippen LogP contribution < -0.4 is 5.32 Å². The Morgan fingerprint density at radius 3 is 2.33 bits per heavy atom. The fourth-order valence-corrected chi connectivity index (χ4v) is 5.07. The molecule has 3 aromatic heterocycles. The van der Waals surface area contributed by atoms with Crippen LogP contribution in [0.3, 0.4) is 0 Å². The van der Waals surface area contributed by atoms with E-state index in [9.17, 15) is 5.11 Å². The summed E-state index contributed by atoms with van der Waals surface area (Å²) in [6.07, 6.45) is 7.48. The molecule has 0 bridgehead atoms. The van der Waals surface area contributed by atoms with Gasteiger partial charge in [0.1, 0.15) is 5.75 Å². The summed E-state index contributed by atoms with van der Waals surface area (Å²) in [5, 5.41) is 32.1. The summed E-state index contributed by atoms with van der Waals surface area (Å²) in [4.78, 5) is 0. The molecule has 10 heteroatoms. The van der Waals surface area contributed by atoms with Crippen LogP contribution in [0.4, 0.5) is 0 Å². The van der Waals surface area contributed by atoms with Crippen molar-refractivity contribution in [2.24, 2.45) is 0 Å². The van der Waals surface area contributed by atoms with Gasteiger partial charge in [-0.2, -0.15) is 0 Å². The van der Waals surface area contributed by atoms with E-state index in [0.717, 1.165) is 29.6 Å². The van der Waals surface area contributed by atoms with Crippen LogP contribution in [-0.4, -0.2) is 45.9 Å². The number of hydrogen-bond acceptors (Lipinski definition) is 6. The van der Waals surface area contributed by atoms with E-state index in [1.165, 1.54) is 0 Å². The molecule has 0 saturated carbocycles. The average molecular weight is 490 g/mol. The zero-order valence-corrected chi connectivity index (χ0v) is 20.7. The van der Waals surface area contributed by atoms with Gasteiger partial charge < -0.3 is 15.0 Å². The highest BCUT2D eigenvalue weighted by atomic mass is 35.5. The number of piperidine rings is 1. The number of phenols is 1. The maximum Gasteiger partial charge on any atom is 0.162 e. The largest absolute Gasteiger partial charge is 0.507 e. The van der Waals surface area contributed by atoms with Gasteiger partial charge in [-0.25, -0.2) is 4.68 Å². The van der Waals surface area contributed by atoms with Crippen molar-refractivity contribution in [3.8, 4) is 22.7 Å². The molecule has 1 saturated heterocycles. The van der Waals surface area contributed by atoms with Crippen molar-refractivity contribution in [2.75, 3.05) is 0 Å². The third kappa shape index (κ3) is 4.83. The first-order chi connectivity index (χ1) is 14.7. The lowest BCUT2D eigenvalue weighted by atomic mass is 9.79. The Hall–Kier alpha value is -2.68. The predicted molar refractivity (Wildman–Crippen MR) is 134 cm³/mol. The first-order valence-corrected chi connectivity index (χ1v) is 10.5. The molecule has 0 amide bonds. The first kappa shape index (κ1) is 25.0. The molecule has 4 heterocycles. The summed E-state index contributed by atoms with van der Waals surface area (Å²) in [6.45, 7) is 9.01. The van der Waals surface area contributed by atoms with E-state index < -0.39 is 0 Å². The number of aromatic hydroxyl groups is 1. The van der Waals surface area contributed by atoms with E-state index in [1.807, 2.05) is 18.2 Å². The fourth-order valence-electron chi connectivity index (χ4n) is 5.07. The zero-order valence-electron chi connectivity index (χ0n) is 19.1. The van der Waals surface area contributed by atoms with Crippen LogP contribution >= 0.6 is 24.8 Å². The van der Waals surface area contributed by atoms with Crippen LogP contribution in [-0.2, 0) is 0 Å². The van der Waals surface area contributed by atoms with Crippen molar-refractivity contribution in [2.45, 2.75) is 57.7 Å². The van der Waals surface area contributed by atoms with Gasteiger partial charge in [0.05, 0.1) is 23.8 Å². The molecular weight excluding hydrogens is 461 g/mol. The molecule has 0 atom stereocenters. The number of hydrogen-bond donors (Lipinski definition) is 2. The second kappa shape index (κ2) is 8.93. The number of halogens is 2. The van der Waals surface area contributed by atoms with Gasteiger partial charge in [0.15, 0.2) is 5.65 Å². The van der Waals surface area contributed by atoms with Crippen molar-refractivity contribution in [1.29, 1.82) is 0 Å². The molecule has 5 rings (SSSR count). The topological polar surface area (TPSA) is 93.7 Å². The lowest BCUT2D eigenvalue weighted by Gasteiger charge is -2.47. The third-order valence-electron chi connectivity index (χ3n) is 5.97. The second-order valence-corrected chi connectivity index (χ2v) is 9.74. The molecule has 8 nitrogen and oxygen atoms in total. The number of fused-ring (bicyclic) bond motifs is 1. The number of benzene rings is 1. The summed E-state index contributed by atoms with van der Waals surface area (Å²) in [7, 11) is 0. The number of nitrogens with zero attached hydrogens (tertiary/aromatic N) is 6.